The van der Waals surface area contributed by atoms with Crippen molar-refractivity contribution in [3.05, 3.63) is 35.7 Å². The molecule has 1 heterocycles. The van der Waals surface area contributed by atoms with Gasteiger partial charge in [-0.05, 0) is 18.2 Å². The predicted molar refractivity (Wildman–Crippen MR) is 74.9 cm³/mol. The van der Waals surface area contributed by atoms with Crippen molar-refractivity contribution in [3.63, 3.8) is 0 Å². The van der Waals surface area contributed by atoms with Gasteiger partial charge in [-0.1, -0.05) is 19.8 Å². The highest BCUT2D eigenvalue weighted by molar-refractivity contribution is 5.71. The highest BCUT2D eigenvalue weighted by Crippen LogP contribution is 2.31. The molecule has 0 unspecified atom stereocenters. The molecule has 2 rings (SSSR count). The molecule has 1 aromatic heterocycles. The van der Waals surface area contributed by atoms with Crippen LogP contribution in [0.25, 0.3) is 11.3 Å². The summed E-state index contributed by atoms with van der Waals surface area (Å²) in [5.74, 6) is 2.34. The third kappa shape index (κ3) is 2.37. The lowest BCUT2D eigenvalue weighted by atomic mass is 10.1. The summed E-state index contributed by atoms with van der Waals surface area (Å²) in [6.45, 7) is 4.10. The first-order valence-corrected chi connectivity index (χ1v) is 6.20. The van der Waals surface area contributed by atoms with Crippen molar-refractivity contribution in [1.29, 1.82) is 0 Å². The summed E-state index contributed by atoms with van der Waals surface area (Å²) >= 11 is 0. The number of halogens is 2. The van der Waals surface area contributed by atoms with Crippen LogP contribution in [0.2, 0.25) is 0 Å². The lowest BCUT2D eigenvalue weighted by molar-refractivity contribution is 0.602. The summed E-state index contributed by atoms with van der Waals surface area (Å²) in [5.41, 5.74) is 6.26. The fraction of sp³-hybridized carbons (Fsp3) is 0.267. The van der Waals surface area contributed by atoms with E-state index in [4.69, 9.17) is 12.2 Å². The van der Waals surface area contributed by atoms with E-state index in [0.29, 0.717) is 5.82 Å². The molecule has 0 aliphatic carbocycles. The Bertz CT molecular complexity index is 681. The first kappa shape index (κ1) is 14.1. The Morgan fingerprint density at radius 2 is 2.10 bits per heavy atom. The summed E-state index contributed by atoms with van der Waals surface area (Å²) in [5, 5.41) is 0. The molecule has 2 aromatic rings. The maximum atomic E-state index is 13.9. The average Bonchev–Trinajstić information content (AvgIpc) is 2.71. The van der Waals surface area contributed by atoms with E-state index in [9.17, 15) is 8.78 Å². The molecular weight excluding hydrogens is 260 g/mol. The van der Waals surface area contributed by atoms with Crippen LogP contribution < -0.4 is 5.73 Å². The van der Waals surface area contributed by atoms with Crippen LogP contribution in [0, 0.1) is 24.0 Å². The van der Waals surface area contributed by atoms with Gasteiger partial charge in [-0.25, -0.2) is 13.8 Å². The quantitative estimate of drug-likeness (QED) is 0.874. The van der Waals surface area contributed by atoms with E-state index in [0.717, 1.165) is 18.2 Å². The maximum absolute atomic E-state index is 13.9. The van der Waals surface area contributed by atoms with Gasteiger partial charge in [-0.3, -0.25) is 0 Å². The molecule has 0 saturated carbocycles. The molecule has 0 amide bonds. The number of terminal acetylenes is 1. The molecule has 0 spiro atoms. The Balaban J connectivity index is 2.66. The van der Waals surface area contributed by atoms with Crippen molar-refractivity contribution < 1.29 is 8.78 Å². The molecule has 0 aliphatic heterocycles. The first-order chi connectivity index (χ1) is 9.45. The topological polar surface area (TPSA) is 43.8 Å². The van der Waals surface area contributed by atoms with Gasteiger partial charge in [0.1, 0.15) is 29.0 Å². The summed E-state index contributed by atoms with van der Waals surface area (Å²) in [6.07, 6.45) is 5.31. The molecule has 0 fully saturated rings. The van der Waals surface area contributed by atoms with Crippen molar-refractivity contribution in [2.75, 3.05) is 5.73 Å². The van der Waals surface area contributed by atoms with Crippen molar-refractivity contribution in [2.45, 2.75) is 26.3 Å². The van der Waals surface area contributed by atoms with Gasteiger partial charge < -0.3 is 10.3 Å². The molecule has 2 N–H and O–H groups in total. The molecule has 0 saturated heterocycles. The van der Waals surface area contributed by atoms with E-state index in [2.05, 4.69) is 10.9 Å². The molecule has 5 heteroatoms. The second-order valence-electron chi connectivity index (χ2n) is 4.77. The number of hydrogen-bond donors (Lipinski definition) is 1. The summed E-state index contributed by atoms with van der Waals surface area (Å²) < 4.78 is 28.8. The van der Waals surface area contributed by atoms with Gasteiger partial charge in [-0.15, -0.1) is 6.42 Å². The number of rotatable bonds is 3. The van der Waals surface area contributed by atoms with Crippen LogP contribution in [0.3, 0.4) is 0 Å². The highest BCUT2D eigenvalue weighted by Gasteiger charge is 2.20. The van der Waals surface area contributed by atoms with Crippen LogP contribution in [-0.2, 0) is 6.54 Å². The zero-order valence-corrected chi connectivity index (χ0v) is 11.3. The molecule has 0 bridgehead atoms. The van der Waals surface area contributed by atoms with Crippen molar-refractivity contribution in [3.8, 4) is 23.6 Å². The third-order valence-electron chi connectivity index (χ3n) is 2.99. The van der Waals surface area contributed by atoms with Crippen molar-refractivity contribution in [1.82, 2.24) is 9.55 Å². The minimum absolute atomic E-state index is 0.0418. The van der Waals surface area contributed by atoms with Crippen molar-refractivity contribution >= 4 is 5.82 Å². The Labute approximate surface area is 116 Å². The first-order valence-electron chi connectivity index (χ1n) is 6.20. The van der Waals surface area contributed by atoms with Gasteiger partial charge >= 0.3 is 0 Å². The average molecular weight is 275 g/mol. The van der Waals surface area contributed by atoms with E-state index >= 15 is 0 Å². The van der Waals surface area contributed by atoms with Crippen molar-refractivity contribution in [2.24, 2.45) is 0 Å². The minimum Gasteiger partial charge on any atom is -0.383 e. The van der Waals surface area contributed by atoms with Gasteiger partial charge in [0.05, 0.1) is 6.54 Å². The number of nitrogens with two attached hydrogens (primary N) is 1. The number of nitrogen functional groups attached to an aromatic ring is 1. The van der Waals surface area contributed by atoms with Crippen LogP contribution in [0.4, 0.5) is 14.6 Å². The van der Waals surface area contributed by atoms with E-state index in [1.54, 1.807) is 4.57 Å². The molecule has 0 atom stereocenters. The van der Waals surface area contributed by atoms with Crippen LogP contribution in [0.5, 0.6) is 0 Å². The number of hydrogen-bond acceptors (Lipinski definition) is 2. The predicted octanol–water partition coefficient (Wildman–Crippen LogP) is 3.17. The summed E-state index contributed by atoms with van der Waals surface area (Å²) in [4.78, 5) is 4.34. The molecule has 104 valence electrons. The fourth-order valence-corrected chi connectivity index (χ4v) is 2.06. The van der Waals surface area contributed by atoms with Gasteiger partial charge in [0.25, 0.3) is 0 Å². The third-order valence-corrected chi connectivity index (χ3v) is 2.99. The molecule has 0 radical (unpaired) electrons. The van der Waals surface area contributed by atoms with Gasteiger partial charge in [-0.2, -0.15) is 0 Å². The number of imidazole rings is 1. The highest BCUT2D eigenvalue weighted by atomic mass is 19.1. The Morgan fingerprint density at radius 3 is 2.70 bits per heavy atom. The largest absolute Gasteiger partial charge is 0.383 e. The van der Waals surface area contributed by atoms with Crippen LogP contribution in [0.15, 0.2) is 18.2 Å². The number of nitrogens with zero attached hydrogens (tertiary/aromatic N) is 2. The Morgan fingerprint density at radius 1 is 1.40 bits per heavy atom. The molecule has 3 nitrogen and oxygen atoms in total. The zero-order valence-electron chi connectivity index (χ0n) is 11.3. The second-order valence-corrected chi connectivity index (χ2v) is 4.77. The summed E-state index contributed by atoms with van der Waals surface area (Å²) in [6, 6.07) is 3.19. The minimum atomic E-state index is -0.571. The van der Waals surface area contributed by atoms with Gasteiger partial charge in [0.15, 0.2) is 0 Å². The number of aromatic nitrogens is 2. The van der Waals surface area contributed by atoms with E-state index in [1.165, 1.54) is 0 Å². The molecule has 20 heavy (non-hydrogen) atoms. The fourth-order valence-electron chi connectivity index (χ4n) is 2.06. The standard InChI is InChI=1S/C15H15F2N3/c1-4-7-20-14(18)13(19-15(20)9(2)3)11-8-10(16)5-6-12(11)17/h1,5-6,8-9H,7,18H2,2-3H3. The Kier molecular flexibility index (Phi) is 3.75. The van der Waals surface area contributed by atoms with Gasteiger partial charge in [0.2, 0.25) is 0 Å². The van der Waals surface area contributed by atoms with Crippen LogP contribution in [-0.4, -0.2) is 9.55 Å². The van der Waals surface area contributed by atoms with E-state index in [1.807, 2.05) is 13.8 Å². The second kappa shape index (κ2) is 5.33. The molecule has 0 aliphatic rings. The maximum Gasteiger partial charge on any atom is 0.132 e. The monoisotopic (exact) mass is 275 g/mol. The lowest BCUT2D eigenvalue weighted by Crippen LogP contribution is -2.07. The van der Waals surface area contributed by atoms with Crippen LogP contribution >= 0.6 is 0 Å². The Hall–Kier alpha value is -2.35. The van der Waals surface area contributed by atoms with Crippen LogP contribution in [0.1, 0.15) is 25.6 Å². The van der Waals surface area contributed by atoms with E-state index < -0.39 is 11.6 Å². The smallest absolute Gasteiger partial charge is 0.132 e. The summed E-state index contributed by atoms with van der Waals surface area (Å²) in [7, 11) is 0. The SMILES string of the molecule is C#CCn1c(C(C)C)nc(-c2cc(F)ccc2F)c1N. The van der Waals surface area contributed by atoms with E-state index in [-0.39, 0.29) is 29.5 Å². The normalized spacial score (nSPS) is 10.8. The number of anilines is 1. The van der Waals surface area contributed by atoms with Gasteiger partial charge in [0, 0.05) is 11.5 Å². The lowest BCUT2D eigenvalue weighted by Gasteiger charge is -2.08. The molecular formula is C15H15F2N3. The molecule has 1 aromatic carbocycles. The number of benzene rings is 1. The zero-order chi connectivity index (χ0) is 14.9.